The third kappa shape index (κ3) is 2.63. The second kappa shape index (κ2) is 5.10. The number of hydrogen-bond donors (Lipinski definition) is 2. The maximum Gasteiger partial charge on any atom is 0.0996 e. The lowest BCUT2D eigenvalue weighted by Gasteiger charge is -2.18. The number of aliphatic hydroxyl groups excluding tert-OH is 1. The molecule has 6 heteroatoms. The molecule has 0 saturated carbocycles. The van der Waals surface area contributed by atoms with Gasteiger partial charge in [-0.1, -0.05) is 39.1 Å². The lowest BCUT2D eigenvalue weighted by molar-refractivity contribution is 0.125. The highest BCUT2D eigenvalue weighted by molar-refractivity contribution is 9.10. The number of ether oxygens (including phenoxy) is 1. The van der Waals surface area contributed by atoms with Crippen LogP contribution in [0.4, 0.5) is 5.69 Å². The van der Waals surface area contributed by atoms with Crippen molar-refractivity contribution in [1.29, 1.82) is 0 Å². The number of nitrogens with one attached hydrogen (secondary N) is 1. The Morgan fingerprint density at radius 3 is 2.44 bits per heavy atom. The Hall–Kier alpha value is -0.0000000000000000555. The third-order valence-electron chi connectivity index (χ3n) is 2.39. The first kappa shape index (κ1) is 12.5. The van der Waals surface area contributed by atoms with Crippen LogP contribution in [0.3, 0.4) is 0 Å². The molecule has 1 heterocycles. The molecule has 0 aromatic heterocycles. The first-order chi connectivity index (χ1) is 7.58. The molecule has 2 unspecified atom stereocenters. The van der Waals surface area contributed by atoms with Crippen LogP contribution in [0.5, 0.6) is 0 Å². The van der Waals surface area contributed by atoms with Gasteiger partial charge in [0.15, 0.2) is 0 Å². The summed E-state index contributed by atoms with van der Waals surface area (Å²) in [5.41, 5.74) is 0.626. The van der Waals surface area contributed by atoms with E-state index in [4.69, 9.17) is 27.9 Å². The number of halogens is 3. The molecule has 1 aromatic rings. The summed E-state index contributed by atoms with van der Waals surface area (Å²) in [5.74, 6) is 0. The smallest absolute Gasteiger partial charge is 0.0996 e. The first-order valence-electron chi connectivity index (χ1n) is 4.75. The second-order valence-corrected chi connectivity index (χ2v) is 5.33. The summed E-state index contributed by atoms with van der Waals surface area (Å²) in [5, 5.41) is 13.7. The van der Waals surface area contributed by atoms with Crippen LogP contribution in [0.1, 0.15) is 0 Å². The van der Waals surface area contributed by atoms with Crippen LogP contribution >= 0.6 is 39.1 Å². The molecule has 16 heavy (non-hydrogen) atoms. The van der Waals surface area contributed by atoms with Crippen molar-refractivity contribution in [3.63, 3.8) is 0 Å². The molecule has 0 radical (unpaired) electrons. The van der Waals surface area contributed by atoms with Gasteiger partial charge in [-0.15, -0.1) is 0 Å². The average molecular weight is 327 g/mol. The highest BCUT2D eigenvalue weighted by Gasteiger charge is 2.27. The summed E-state index contributed by atoms with van der Waals surface area (Å²) < 4.78 is 5.95. The van der Waals surface area contributed by atoms with E-state index in [9.17, 15) is 5.11 Å². The summed E-state index contributed by atoms with van der Waals surface area (Å²) in [6, 6.07) is 3.33. The predicted molar refractivity (Wildman–Crippen MR) is 68.4 cm³/mol. The van der Waals surface area contributed by atoms with Crippen molar-refractivity contribution in [3.8, 4) is 0 Å². The summed E-state index contributed by atoms with van der Waals surface area (Å²) in [6.45, 7) is 0.785. The van der Waals surface area contributed by atoms with Crippen LogP contribution in [0.25, 0.3) is 0 Å². The van der Waals surface area contributed by atoms with Gasteiger partial charge in [-0.3, -0.25) is 0 Å². The van der Waals surface area contributed by atoms with Crippen molar-refractivity contribution in [2.45, 2.75) is 12.1 Å². The maximum atomic E-state index is 9.60. The third-order valence-corrected chi connectivity index (χ3v) is 3.44. The van der Waals surface area contributed by atoms with Gasteiger partial charge in [0.25, 0.3) is 0 Å². The number of rotatable bonds is 2. The topological polar surface area (TPSA) is 41.5 Å². The fourth-order valence-electron chi connectivity index (χ4n) is 1.55. The Labute approximate surface area is 112 Å². The van der Waals surface area contributed by atoms with Crippen molar-refractivity contribution >= 4 is 44.8 Å². The van der Waals surface area contributed by atoms with Crippen LogP contribution in [-0.4, -0.2) is 30.5 Å². The highest BCUT2D eigenvalue weighted by atomic mass is 79.9. The van der Waals surface area contributed by atoms with Crippen molar-refractivity contribution < 1.29 is 9.84 Å². The Morgan fingerprint density at radius 2 is 1.94 bits per heavy atom. The van der Waals surface area contributed by atoms with Crippen molar-refractivity contribution in [3.05, 3.63) is 26.7 Å². The van der Waals surface area contributed by atoms with E-state index in [0.29, 0.717) is 28.9 Å². The Bertz CT molecular complexity index is 379. The normalized spacial score (nSPS) is 24.8. The largest absolute Gasteiger partial charge is 0.388 e. The molecule has 1 aliphatic rings. The lowest BCUT2D eigenvalue weighted by Crippen LogP contribution is -2.32. The van der Waals surface area contributed by atoms with E-state index in [1.807, 2.05) is 0 Å². The Balaban J connectivity index is 2.21. The van der Waals surface area contributed by atoms with Gasteiger partial charge in [-0.2, -0.15) is 0 Å². The number of aliphatic hydroxyl groups is 1. The zero-order valence-corrected chi connectivity index (χ0v) is 11.3. The van der Waals surface area contributed by atoms with Crippen LogP contribution in [-0.2, 0) is 4.74 Å². The zero-order valence-electron chi connectivity index (χ0n) is 8.21. The van der Waals surface area contributed by atoms with E-state index in [1.54, 1.807) is 12.1 Å². The molecule has 1 fully saturated rings. The Morgan fingerprint density at radius 1 is 1.31 bits per heavy atom. The van der Waals surface area contributed by atoms with Crippen LogP contribution < -0.4 is 5.32 Å². The molecular weight excluding hydrogens is 317 g/mol. The molecule has 0 bridgehead atoms. The fraction of sp³-hybridized carbons (Fsp3) is 0.400. The van der Waals surface area contributed by atoms with E-state index < -0.39 is 6.10 Å². The van der Waals surface area contributed by atoms with Gasteiger partial charge in [-0.05, 0) is 12.1 Å². The van der Waals surface area contributed by atoms with Crippen LogP contribution in [0.2, 0.25) is 10.0 Å². The molecule has 1 aliphatic heterocycles. The average Bonchev–Trinajstić information content (AvgIpc) is 2.57. The van der Waals surface area contributed by atoms with Gasteiger partial charge in [0, 0.05) is 4.47 Å². The van der Waals surface area contributed by atoms with Gasteiger partial charge in [-0.25, -0.2) is 0 Å². The Kier molecular flexibility index (Phi) is 3.97. The molecule has 2 atom stereocenters. The summed E-state index contributed by atoms with van der Waals surface area (Å²) >= 11 is 15.4. The molecule has 3 nitrogen and oxygen atoms in total. The van der Waals surface area contributed by atoms with Crippen molar-refractivity contribution in [2.24, 2.45) is 0 Å². The minimum absolute atomic E-state index is 0.170. The van der Waals surface area contributed by atoms with Gasteiger partial charge < -0.3 is 15.2 Å². The minimum Gasteiger partial charge on any atom is -0.388 e. The molecule has 1 aromatic carbocycles. The molecular formula is C10H10BrCl2NO2. The monoisotopic (exact) mass is 325 g/mol. The maximum absolute atomic E-state index is 9.60. The number of benzene rings is 1. The molecule has 0 spiro atoms. The SMILES string of the molecule is OC1COCC1Nc1c(Cl)cc(Br)cc1Cl. The van der Waals surface area contributed by atoms with E-state index in [-0.39, 0.29) is 6.04 Å². The van der Waals surface area contributed by atoms with Crippen molar-refractivity contribution in [2.75, 3.05) is 18.5 Å². The summed E-state index contributed by atoms with van der Waals surface area (Å²) in [7, 11) is 0. The van der Waals surface area contributed by atoms with Gasteiger partial charge in [0.05, 0.1) is 41.1 Å². The second-order valence-electron chi connectivity index (χ2n) is 3.60. The van der Waals surface area contributed by atoms with E-state index in [2.05, 4.69) is 21.2 Å². The number of anilines is 1. The van der Waals surface area contributed by atoms with E-state index in [1.165, 1.54) is 0 Å². The minimum atomic E-state index is -0.532. The molecule has 0 amide bonds. The van der Waals surface area contributed by atoms with Crippen LogP contribution in [0.15, 0.2) is 16.6 Å². The number of hydrogen-bond acceptors (Lipinski definition) is 3. The van der Waals surface area contributed by atoms with E-state index in [0.717, 1.165) is 4.47 Å². The standard InChI is InChI=1S/C10H10BrCl2NO2/c11-5-1-6(12)10(7(13)2-5)14-8-3-16-4-9(8)15/h1-2,8-9,14-15H,3-4H2. The molecule has 2 rings (SSSR count). The van der Waals surface area contributed by atoms with Crippen LogP contribution in [0, 0.1) is 0 Å². The summed E-state index contributed by atoms with van der Waals surface area (Å²) in [6.07, 6.45) is -0.532. The van der Waals surface area contributed by atoms with Gasteiger partial charge in [0.2, 0.25) is 0 Å². The quantitative estimate of drug-likeness (QED) is 0.878. The molecule has 0 aliphatic carbocycles. The first-order valence-corrected chi connectivity index (χ1v) is 6.29. The highest BCUT2D eigenvalue weighted by Crippen LogP contribution is 2.34. The van der Waals surface area contributed by atoms with E-state index >= 15 is 0 Å². The zero-order chi connectivity index (χ0) is 11.7. The molecule has 88 valence electrons. The van der Waals surface area contributed by atoms with Gasteiger partial charge >= 0.3 is 0 Å². The van der Waals surface area contributed by atoms with Gasteiger partial charge in [0.1, 0.15) is 0 Å². The lowest BCUT2D eigenvalue weighted by atomic mass is 10.2. The molecule has 1 saturated heterocycles. The summed E-state index contributed by atoms with van der Waals surface area (Å²) in [4.78, 5) is 0. The van der Waals surface area contributed by atoms with Crippen molar-refractivity contribution in [1.82, 2.24) is 0 Å². The molecule has 2 N–H and O–H groups in total. The fourth-order valence-corrected chi connectivity index (χ4v) is 2.86. The predicted octanol–water partition coefficient (Wildman–Crippen LogP) is 2.93.